The third-order valence-electron chi connectivity index (χ3n) is 7.71. The highest BCUT2D eigenvalue weighted by molar-refractivity contribution is 5.87. The number of aliphatic hydroxyl groups is 1. The third-order valence-corrected chi connectivity index (χ3v) is 7.71. The van der Waals surface area contributed by atoms with Crippen molar-refractivity contribution in [3.8, 4) is 0 Å². The van der Waals surface area contributed by atoms with Crippen molar-refractivity contribution in [2.24, 2.45) is 11.8 Å². The molecule has 0 saturated carbocycles. The van der Waals surface area contributed by atoms with Crippen LogP contribution in [0.25, 0.3) is 10.9 Å². The van der Waals surface area contributed by atoms with Gasteiger partial charge in [0.05, 0.1) is 30.9 Å². The number of aromatic amines is 1. The van der Waals surface area contributed by atoms with Crippen LogP contribution in [0.2, 0.25) is 0 Å². The standard InChI is InChI=1S/C38H49N3O7/c1-6-13-28(22-34(43)41(19-20-42)25-27-15-9-8-10-16-27)36(45)40-31(21-30-24-39-33-18-12-11-17-32(30)33)26-47-37(46)29(14-7-2)23-35(44)48-38(3,4)5/h6-12,15-18,24,28-29,31,39,42H,1-2,13-14,19-23,25-26H2,3-5H3,(H,40,45)/t28-,29-,31+/m1/s1. The topological polar surface area (TPSA) is 138 Å². The molecule has 0 spiro atoms. The molecule has 0 unspecified atom stereocenters. The molecule has 0 bridgehead atoms. The van der Waals surface area contributed by atoms with Crippen molar-refractivity contribution in [2.45, 2.75) is 71.1 Å². The van der Waals surface area contributed by atoms with Gasteiger partial charge in [-0.2, -0.15) is 0 Å². The van der Waals surface area contributed by atoms with Crippen molar-refractivity contribution < 1.29 is 33.8 Å². The van der Waals surface area contributed by atoms with Crippen LogP contribution in [-0.2, 0) is 41.6 Å². The third kappa shape index (κ3) is 12.2. The number of benzene rings is 2. The summed E-state index contributed by atoms with van der Waals surface area (Å²) < 4.78 is 11.1. The van der Waals surface area contributed by atoms with Gasteiger partial charge in [0.15, 0.2) is 0 Å². The SMILES string of the molecule is C=CC[C@H](CC(=O)N(CCO)Cc1ccccc1)C(=O)N[C@H](COC(=O)[C@H](CC=C)CC(=O)OC(C)(C)C)Cc1c[nH]c2ccccc12. The molecule has 2 aromatic carbocycles. The lowest BCUT2D eigenvalue weighted by Crippen LogP contribution is -2.45. The van der Waals surface area contributed by atoms with Gasteiger partial charge in [-0.1, -0.05) is 60.7 Å². The van der Waals surface area contributed by atoms with Crippen LogP contribution in [0.15, 0.2) is 86.1 Å². The average Bonchev–Trinajstić information content (AvgIpc) is 3.45. The fourth-order valence-corrected chi connectivity index (χ4v) is 5.43. The molecule has 0 saturated heterocycles. The number of rotatable bonds is 19. The van der Waals surface area contributed by atoms with E-state index in [1.165, 1.54) is 4.90 Å². The second-order valence-corrected chi connectivity index (χ2v) is 12.9. The first-order valence-electron chi connectivity index (χ1n) is 16.3. The van der Waals surface area contributed by atoms with Gasteiger partial charge in [-0.3, -0.25) is 19.2 Å². The Morgan fingerprint density at radius 2 is 1.62 bits per heavy atom. The Kier molecular flexibility index (Phi) is 14.6. The largest absolute Gasteiger partial charge is 0.463 e. The molecule has 3 rings (SSSR count). The average molecular weight is 660 g/mol. The Balaban J connectivity index is 1.77. The lowest BCUT2D eigenvalue weighted by Gasteiger charge is -2.26. The summed E-state index contributed by atoms with van der Waals surface area (Å²) in [7, 11) is 0. The van der Waals surface area contributed by atoms with Crippen molar-refractivity contribution in [1.82, 2.24) is 15.2 Å². The molecule has 1 heterocycles. The van der Waals surface area contributed by atoms with Gasteiger partial charge < -0.3 is 29.8 Å². The van der Waals surface area contributed by atoms with E-state index in [4.69, 9.17) is 9.47 Å². The van der Waals surface area contributed by atoms with Crippen LogP contribution < -0.4 is 5.32 Å². The van der Waals surface area contributed by atoms with Gasteiger partial charge in [0.1, 0.15) is 12.2 Å². The normalized spacial score (nSPS) is 13.2. The summed E-state index contributed by atoms with van der Waals surface area (Å²) in [6, 6.07) is 16.5. The molecule has 258 valence electrons. The molecule has 0 aliphatic rings. The number of esters is 2. The van der Waals surface area contributed by atoms with Gasteiger partial charge in [-0.15, -0.1) is 13.2 Å². The summed E-state index contributed by atoms with van der Waals surface area (Å²) >= 11 is 0. The van der Waals surface area contributed by atoms with Crippen molar-refractivity contribution in [2.75, 3.05) is 19.8 Å². The molecule has 0 fully saturated rings. The smallest absolute Gasteiger partial charge is 0.309 e. The summed E-state index contributed by atoms with van der Waals surface area (Å²) in [4.78, 5) is 57.7. The fourth-order valence-electron chi connectivity index (χ4n) is 5.43. The van der Waals surface area contributed by atoms with E-state index in [1.54, 1.807) is 32.9 Å². The van der Waals surface area contributed by atoms with Gasteiger partial charge in [-0.25, -0.2) is 0 Å². The number of aromatic nitrogens is 1. The van der Waals surface area contributed by atoms with Gasteiger partial charge in [-0.05, 0) is 57.2 Å². The van der Waals surface area contributed by atoms with Crippen molar-refractivity contribution in [1.29, 1.82) is 0 Å². The molecule has 0 radical (unpaired) electrons. The van der Waals surface area contributed by atoms with Crippen molar-refractivity contribution >= 4 is 34.7 Å². The van der Waals surface area contributed by atoms with Crippen LogP contribution in [-0.4, -0.2) is 70.1 Å². The van der Waals surface area contributed by atoms with E-state index < -0.39 is 35.4 Å². The molecular formula is C38H49N3O7. The predicted octanol–water partition coefficient (Wildman–Crippen LogP) is 5.27. The number of nitrogens with one attached hydrogen (secondary N) is 2. The highest BCUT2D eigenvalue weighted by Gasteiger charge is 2.29. The Labute approximate surface area is 283 Å². The number of allylic oxidation sites excluding steroid dienone is 2. The van der Waals surface area contributed by atoms with E-state index in [0.29, 0.717) is 13.0 Å². The van der Waals surface area contributed by atoms with Crippen LogP contribution in [0.1, 0.15) is 57.6 Å². The molecule has 10 nitrogen and oxygen atoms in total. The maximum Gasteiger partial charge on any atom is 0.309 e. The number of hydrogen-bond acceptors (Lipinski definition) is 7. The Morgan fingerprint density at radius 1 is 0.958 bits per heavy atom. The van der Waals surface area contributed by atoms with Crippen LogP contribution in [0.3, 0.4) is 0 Å². The first-order chi connectivity index (χ1) is 22.9. The number of para-hydroxylation sites is 1. The summed E-state index contributed by atoms with van der Waals surface area (Å²) in [6.07, 6.45) is 5.53. The number of H-pyrrole nitrogens is 1. The van der Waals surface area contributed by atoms with E-state index in [-0.39, 0.29) is 57.3 Å². The second-order valence-electron chi connectivity index (χ2n) is 12.9. The zero-order chi connectivity index (χ0) is 35.1. The van der Waals surface area contributed by atoms with Crippen molar-refractivity contribution in [3.63, 3.8) is 0 Å². The first-order valence-corrected chi connectivity index (χ1v) is 16.3. The summed E-state index contributed by atoms with van der Waals surface area (Å²) in [5, 5.41) is 13.6. The van der Waals surface area contributed by atoms with E-state index >= 15 is 0 Å². The molecular weight excluding hydrogens is 610 g/mol. The first kappa shape index (κ1) is 37.8. The maximum absolute atomic E-state index is 13.8. The lowest BCUT2D eigenvalue weighted by atomic mass is 9.97. The van der Waals surface area contributed by atoms with Gasteiger partial charge >= 0.3 is 11.9 Å². The summed E-state index contributed by atoms with van der Waals surface area (Å²) in [5.41, 5.74) is 2.05. The molecule has 3 aromatic rings. The molecule has 3 N–H and O–H groups in total. The minimum atomic E-state index is -0.796. The lowest BCUT2D eigenvalue weighted by molar-refractivity contribution is -0.161. The zero-order valence-corrected chi connectivity index (χ0v) is 28.3. The number of amides is 2. The molecule has 10 heteroatoms. The number of carbonyl (C=O) groups is 4. The zero-order valence-electron chi connectivity index (χ0n) is 28.3. The van der Waals surface area contributed by atoms with E-state index in [9.17, 15) is 24.3 Å². The molecule has 48 heavy (non-hydrogen) atoms. The number of hydrogen-bond donors (Lipinski definition) is 3. The quantitative estimate of drug-likeness (QED) is 0.118. The van der Waals surface area contributed by atoms with Crippen LogP contribution in [0, 0.1) is 11.8 Å². The van der Waals surface area contributed by atoms with Crippen molar-refractivity contribution in [3.05, 3.63) is 97.2 Å². The second kappa shape index (κ2) is 18.6. The molecule has 2 amide bonds. The number of nitrogens with zero attached hydrogens (tertiary/aromatic N) is 1. The maximum atomic E-state index is 13.8. The molecule has 3 atom stereocenters. The number of fused-ring (bicyclic) bond motifs is 1. The number of ether oxygens (including phenoxy) is 2. The summed E-state index contributed by atoms with van der Waals surface area (Å²) in [5.74, 6) is -3.32. The Bertz CT molecular complexity index is 1530. The highest BCUT2D eigenvalue weighted by Crippen LogP contribution is 2.22. The number of carbonyl (C=O) groups excluding carboxylic acids is 4. The minimum Gasteiger partial charge on any atom is -0.463 e. The summed E-state index contributed by atoms with van der Waals surface area (Å²) in [6.45, 7) is 12.8. The fraction of sp³-hybridized carbons (Fsp3) is 0.421. The Hall–Kier alpha value is -4.70. The van der Waals surface area contributed by atoms with Crippen LogP contribution >= 0.6 is 0 Å². The van der Waals surface area contributed by atoms with E-state index in [0.717, 1.165) is 22.0 Å². The monoisotopic (exact) mass is 659 g/mol. The highest BCUT2D eigenvalue weighted by atomic mass is 16.6. The van der Waals surface area contributed by atoms with E-state index in [1.807, 2.05) is 60.8 Å². The Morgan fingerprint density at radius 3 is 2.29 bits per heavy atom. The molecule has 0 aliphatic heterocycles. The molecule has 1 aromatic heterocycles. The number of aliphatic hydroxyl groups excluding tert-OH is 1. The van der Waals surface area contributed by atoms with Crippen LogP contribution in [0.4, 0.5) is 0 Å². The molecule has 0 aliphatic carbocycles. The van der Waals surface area contributed by atoms with Gasteiger partial charge in [0, 0.05) is 36.6 Å². The van der Waals surface area contributed by atoms with Gasteiger partial charge in [0.2, 0.25) is 11.8 Å². The van der Waals surface area contributed by atoms with Gasteiger partial charge in [0.25, 0.3) is 0 Å². The van der Waals surface area contributed by atoms with Crippen LogP contribution in [0.5, 0.6) is 0 Å². The predicted molar refractivity (Wildman–Crippen MR) is 186 cm³/mol. The minimum absolute atomic E-state index is 0.0957. The van der Waals surface area contributed by atoms with E-state index in [2.05, 4.69) is 23.5 Å².